The van der Waals surface area contributed by atoms with Crippen LogP contribution in [0, 0.1) is 0 Å². The maximum atomic E-state index is 4.17. The first-order valence-corrected chi connectivity index (χ1v) is 6.24. The third-order valence-corrected chi connectivity index (χ3v) is 3.17. The maximum Gasteiger partial charge on any atom is 0.0951 e. The average molecular weight is 236 g/mol. The lowest BCUT2D eigenvalue weighted by Gasteiger charge is -2.11. The van der Waals surface area contributed by atoms with Gasteiger partial charge in [0.05, 0.1) is 17.5 Å². The fourth-order valence-corrected chi connectivity index (χ4v) is 2.14. The second-order valence-corrected chi connectivity index (χ2v) is 4.93. The molecule has 4 nitrogen and oxygen atoms in total. The molecule has 0 unspecified atom stereocenters. The lowest BCUT2D eigenvalue weighted by Crippen LogP contribution is -2.15. The summed E-state index contributed by atoms with van der Waals surface area (Å²) in [5.41, 5.74) is 3.08. The molecule has 0 aromatic carbocycles. The predicted octanol–water partition coefficient (Wildman–Crippen LogP) is 2.21. The Labute approximate surface area is 99.4 Å². The molecule has 0 fully saturated rings. The molecule has 0 saturated heterocycles. The first kappa shape index (κ1) is 11.3. The summed E-state index contributed by atoms with van der Waals surface area (Å²) in [6, 6.07) is 0.461. The normalized spacial score (nSPS) is 11.2. The monoisotopic (exact) mass is 236 g/mol. The Morgan fingerprint density at radius 3 is 2.88 bits per heavy atom. The van der Waals surface area contributed by atoms with Gasteiger partial charge in [0.25, 0.3) is 0 Å². The van der Waals surface area contributed by atoms with Gasteiger partial charge in [-0.05, 0) is 13.8 Å². The summed E-state index contributed by atoms with van der Waals surface area (Å²) in [5, 5.41) is 3.40. The molecule has 0 aliphatic heterocycles. The Balaban J connectivity index is 1.87. The number of hydrogen-bond donors (Lipinski definition) is 1. The zero-order valence-electron chi connectivity index (χ0n) is 9.55. The molecule has 86 valence electrons. The lowest BCUT2D eigenvalue weighted by atomic mass is 10.3. The second kappa shape index (κ2) is 5.23. The highest BCUT2D eigenvalue weighted by Crippen LogP contribution is 2.09. The van der Waals surface area contributed by atoms with Crippen LogP contribution in [0.3, 0.4) is 0 Å². The third kappa shape index (κ3) is 2.68. The summed E-state index contributed by atoms with van der Waals surface area (Å²) in [6.07, 6.45) is 5.70. The standard InChI is InChI=1S/C11H16N4S/c1-9(2)15-7-13-4-10(15)3-12-5-11-6-14-8-16-11/h4,6-9,12H,3,5H2,1-2H3. The molecule has 16 heavy (non-hydrogen) atoms. The van der Waals surface area contributed by atoms with E-state index in [1.165, 1.54) is 10.6 Å². The summed E-state index contributed by atoms with van der Waals surface area (Å²) >= 11 is 1.67. The van der Waals surface area contributed by atoms with Crippen molar-refractivity contribution in [1.82, 2.24) is 19.9 Å². The minimum Gasteiger partial charge on any atom is -0.331 e. The zero-order valence-corrected chi connectivity index (χ0v) is 10.4. The molecular formula is C11H16N4S. The van der Waals surface area contributed by atoms with Gasteiger partial charge in [-0.1, -0.05) is 0 Å². The number of rotatable bonds is 5. The van der Waals surface area contributed by atoms with Gasteiger partial charge in [0, 0.05) is 36.4 Å². The third-order valence-electron chi connectivity index (χ3n) is 2.39. The van der Waals surface area contributed by atoms with Crippen LogP contribution in [0.1, 0.15) is 30.5 Å². The Morgan fingerprint density at radius 2 is 2.19 bits per heavy atom. The van der Waals surface area contributed by atoms with Gasteiger partial charge in [0.15, 0.2) is 0 Å². The molecule has 0 radical (unpaired) electrons. The number of thiazole rings is 1. The molecule has 2 aromatic rings. The minimum absolute atomic E-state index is 0.461. The highest BCUT2D eigenvalue weighted by molar-refractivity contribution is 7.09. The molecule has 0 aliphatic rings. The van der Waals surface area contributed by atoms with E-state index in [-0.39, 0.29) is 0 Å². The highest BCUT2D eigenvalue weighted by Gasteiger charge is 2.04. The Hall–Kier alpha value is -1.20. The zero-order chi connectivity index (χ0) is 11.4. The van der Waals surface area contributed by atoms with Gasteiger partial charge in [-0.2, -0.15) is 0 Å². The van der Waals surface area contributed by atoms with Gasteiger partial charge in [0.2, 0.25) is 0 Å². The molecule has 0 saturated carbocycles. The van der Waals surface area contributed by atoms with Crippen molar-refractivity contribution >= 4 is 11.3 Å². The van der Waals surface area contributed by atoms with Crippen molar-refractivity contribution in [2.24, 2.45) is 0 Å². The van der Waals surface area contributed by atoms with Crippen molar-refractivity contribution < 1.29 is 0 Å². The van der Waals surface area contributed by atoms with Crippen molar-refractivity contribution in [3.63, 3.8) is 0 Å². The molecule has 0 bridgehead atoms. The molecule has 5 heteroatoms. The number of nitrogens with one attached hydrogen (secondary N) is 1. The van der Waals surface area contributed by atoms with Crippen LogP contribution in [0.2, 0.25) is 0 Å². The highest BCUT2D eigenvalue weighted by atomic mass is 32.1. The number of imidazole rings is 1. The van der Waals surface area contributed by atoms with Gasteiger partial charge in [-0.3, -0.25) is 4.98 Å². The smallest absolute Gasteiger partial charge is 0.0951 e. The van der Waals surface area contributed by atoms with Gasteiger partial charge < -0.3 is 9.88 Å². The van der Waals surface area contributed by atoms with Gasteiger partial charge >= 0.3 is 0 Å². The Bertz CT molecular complexity index is 419. The topological polar surface area (TPSA) is 42.7 Å². The predicted molar refractivity (Wildman–Crippen MR) is 65.3 cm³/mol. The largest absolute Gasteiger partial charge is 0.331 e. The first-order chi connectivity index (χ1) is 7.77. The molecule has 2 rings (SSSR count). The van der Waals surface area contributed by atoms with Gasteiger partial charge in [-0.15, -0.1) is 11.3 Å². The van der Waals surface area contributed by atoms with E-state index < -0.39 is 0 Å². The van der Waals surface area contributed by atoms with Crippen molar-refractivity contribution in [2.75, 3.05) is 0 Å². The molecular weight excluding hydrogens is 220 g/mol. The summed E-state index contributed by atoms with van der Waals surface area (Å²) in [6.45, 7) is 6.03. The van der Waals surface area contributed by atoms with Crippen LogP contribution in [-0.4, -0.2) is 14.5 Å². The SMILES string of the molecule is CC(C)n1cncc1CNCc1cncs1. The van der Waals surface area contributed by atoms with Crippen molar-refractivity contribution in [1.29, 1.82) is 0 Å². The average Bonchev–Trinajstić information content (AvgIpc) is 2.87. The van der Waals surface area contributed by atoms with E-state index >= 15 is 0 Å². The van der Waals surface area contributed by atoms with Crippen LogP contribution < -0.4 is 5.32 Å². The van der Waals surface area contributed by atoms with Crippen molar-refractivity contribution in [3.8, 4) is 0 Å². The van der Waals surface area contributed by atoms with Gasteiger partial charge in [-0.25, -0.2) is 4.98 Å². The molecule has 0 aliphatic carbocycles. The van der Waals surface area contributed by atoms with Crippen LogP contribution in [0.25, 0.3) is 0 Å². The van der Waals surface area contributed by atoms with Gasteiger partial charge in [0.1, 0.15) is 0 Å². The summed E-state index contributed by atoms with van der Waals surface area (Å²) < 4.78 is 2.18. The fraction of sp³-hybridized carbons (Fsp3) is 0.455. The van der Waals surface area contributed by atoms with E-state index in [1.54, 1.807) is 11.3 Å². The number of hydrogen-bond acceptors (Lipinski definition) is 4. The van der Waals surface area contributed by atoms with Crippen molar-refractivity contribution in [3.05, 3.63) is 34.8 Å². The van der Waals surface area contributed by atoms with E-state index in [4.69, 9.17) is 0 Å². The number of aromatic nitrogens is 3. The fourth-order valence-electron chi connectivity index (χ4n) is 1.58. The lowest BCUT2D eigenvalue weighted by molar-refractivity contribution is 0.551. The van der Waals surface area contributed by atoms with Crippen LogP contribution in [-0.2, 0) is 13.1 Å². The first-order valence-electron chi connectivity index (χ1n) is 5.36. The second-order valence-electron chi connectivity index (χ2n) is 3.96. The van der Waals surface area contributed by atoms with E-state index in [1.807, 2.05) is 24.2 Å². The minimum atomic E-state index is 0.461. The Morgan fingerprint density at radius 1 is 1.31 bits per heavy atom. The molecule has 2 aromatic heterocycles. The summed E-state index contributed by atoms with van der Waals surface area (Å²) in [4.78, 5) is 9.48. The van der Waals surface area contributed by atoms with E-state index in [0.717, 1.165) is 13.1 Å². The van der Waals surface area contributed by atoms with Crippen LogP contribution in [0.5, 0.6) is 0 Å². The quantitative estimate of drug-likeness (QED) is 0.865. The molecule has 2 heterocycles. The molecule has 0 atom stereocenters. The van der Waals surface area contributed by atoms with Crippen molar-refractivity contribution in [2.45, 2.75) is 33.0 Å². The van der Waals surface area contributed by atoms with Crippen LogP contribution >= 0.6 is 11.3 Å². The summed E-state index contributed by atoms with van der Waals surface area (Å²) in [5.74, 6) is 0. The van der Waals surface area contributed by atoms with E-state index in [9.17, 15) is 0 Å². The number of nitrogens with zero attached hydrogens (tertiary/aromatic N) is 3. The molecule has 1 N–H and O–H groups in total. The van der Waals surface area contributed by atoms with E-state index in [0.29, 0.717) is 6.04 Å². The maximum absolute atomic E-state index is 4.17. The Kier molecular flexibility index (Phi) is 3.69. The van der Waals surface area contributed by atoms with E-state index in [2.05, 4.69) is 33.7 Å². The van der Waals surface area contributed by atoms with Crippen LogP contribution in [0.15, 0.2) is 24.2 Å². The molecule has 0 amide bonds. The summed E-state index contributed by atoms with van der Waals surface area (Å²) in [7, 11) is 0. The molecule has 0 spiro atoms. The van der Waals surface area contributed by atoms with Crippen LogP contribution in [0.4, 0.5) is 0 Å².